The number of alkyl halides is 1. The van der Waals surface area contributed by atoms with Crippen molar-refractivity contribution in [2.45, 2.75) is 6.54 Å². The first-order valence-electron chi connectivity index (χ1n) is 6.46. The number of benzene rings is 2. The lowest BCUT2D eigenvalue weighted by Crippen LogP contribution is -2.33. The topological polar surface area (TPSA) is 20.3 Å². The summed E-state index contributed by atoms with van der Waals surface area (Å²) in [6, 6.07) is 12.1. The highest BCUT2D eigenvalue weighted by atomic mass is 35.5. The second-order valence-electron chi connectivity index (χ2n) is 4.53. The Labute approximate surface area is 127 Å². The summed E-state index contributed by atoms with van der Waals surface area (Å²) in [4.78, 5) is 13.8. The molecule has 21 heavy (non-hydrogen) atoms. The minimum atomic E-state index is -0.742. The molecule has 0 atom stereocenters. The van der Waals surface area contributed by atoms with Gasteiger partial charge in [-0.25, -0.2) is 8.78 Å². The van der Waals surface area contributed by atoms with Crippen molar-refractivity contribution >= 4 is 17.5 Å². The first-order chi connectivity index (χ1) is 10.1. The second kappa shape index (κ2) is 7.18. The molecule has 110 valence electrons. The Morgan fingerprint density at radius 1 is 1.10 bits per heavy atom. The van der Waals surface area contributed by atoms with Crippen LogP contribution in [-0.4, -0.2) is 23.2 Å². The van der Waals surface area contributed by atoms with Crippen molar-refractivity contribution in [2.24, 2.45) is 0 Å². The normalized spacial score (nSPS) is 10.4. The molecule has 2 nitrogen and oxygen atoms in total. The van der Waals surface area contributed by atoms with Crippen molar-refractivity contribution in [3.8, 4) is 0 Å². The molecule has 0 bridgehead atoms. The van der Waals surface area contributed by atoms with Crippen LogP contribution in [0.2, 0.25) is 0 Å². The van der Waals surface area contributed by atoms with E-state index >= 15 is 0 Å². The smallest absolute Gasteiger partial charge is 0.257 e. The van der Waals surface area contributed by atoms with Crippen LogP contribution < -0.4 is 0 Å². The molecule has 5 heteroatoms. The Hall–Kier alpha value is -1.94. The van der Waals surface area contributed by atoms with E-state index in [1.165, 1.54) is 4.90 Å². The summed E-state index contributed by atoms with van der Waals surface area (Å²) >= 11 is 5.70. The van der Waals surface area contributed by atoms with Gasteiger partial charge in [0.15, 0.2) is 0 Å². The van der Waals surface area contributed by atoms with Crippen LogP contribution in [0.15, 0.2) is 48.5 Å². The van der Waals surface area contributed by atoms with E-state index in [-0.39, 0.29) is 18.0 Å². The number of rotatable bonds is 5. The first-order valence-corrected chi connectivity index (χ1v) is 6.99. The molecule has 2 aromatic carbocycles. The number of carbonyl (C=O) groups is 1. The molecule has 0 aliphatic heterocycles. The van der Waals surface area contributed by atoms with Crippen molar-refractivity contribution in [3.05, 3.63) is 71.3 Å². The highest BCUT2D eigenvalue weighted by Crippen LogP contribution is 2.15. The fraction of sp³-hybridized carbons (Fsp3) is 0.188. The lowest BCUT2D eigenvalue weighted by Gasteiger charge is -2.22. The standard InChI is InChI=1S/C16H14ClF2NO/c17-8-9-20(11-12-4-2-1-3-5-12)16(21)14-10-13(18)6-7-15(14)19/h1-7,10H,8-9,11H2. The molecule has 0 spiro atoms. The van der Waals surface area contributed by atoms with Crippen LogP contribution in [-0.2, 0) is 6.54 Å². The molecule has 0 unspecified atom stereocenters. The predicted molar refractivity (Wildman–Crippen MR) is 78.3 cm³/mol. The van der Waals surface area contributed by atoms with Gasteiger partial charge < -0.3 is 4.90 Å². The van der Waals surface area contributed by atoms with Crippen LogP contribution in [0.25, 0.3) is 0 Å². The summed E-state index contributed by atoms with van der Waals surface area (Å²) in [6.45, 7) is 0.549. The lowest BCUT2D eigenvalue weighted by atomic mass is 10.1. The second-order valence-corrected chi connectivity index (χ2v) is 4.90. The molecule has 0 radical (unpaired) electrons. The van der Waals surface area contributed by atoms with Gasteiger partial charge in [0, 0.05) is 19.0 Å². The van der Waals surface area contributed by atoms with Crippen molar-refractivity contribution in [1.82, 2.24) is 4.90 Å². The zero-order chi connectivity index (χ0) is 15.2. The van der Waals surface area contributed by atoms with E-state index < -0.39 is 17.5 Å². The average molecular weight is 310 g/mol. The van der Waals surface area contributed by atoms with E-state index in [1.807, 2.05) is 30.3 Å². The van der Waals surface area contributed by atoms with Gasteiger partial charge >= 0.3 is 0 Å². The zero-order valence-corrected chi connectivity index (χ0v) is 12.0. The summed E-state index contributed by atoms with van der Waals surface area (Å²) < 4.78 is 26.9. The number of amides is 1. The Bertz CT molecular complexity index is 619. The van der Waals surface area contributed by atoms with Gasteiger partial charge in [0.1, 0.15) is 11.6 Å². The molecule has 1 amide bonds. The molecule has 0 aromatic heterocycles. The van der Waals surface area contributed by atoms with E-state index in [4.69, 9.17) is 11.6 Å². The largest absolute Gasteiger partial charge is 0.333 e. The van der Waals surface area contributed by atoms with E-state index in [0.717, 1.165) is 23.8 Å². The summed E-state index contributed by atoms with van der Waals surface area (Å²) in [7, 11) is 0. The number of nitrogens with zero attached hydrogens (tertiary/aromatic N) is 1. The van der Waals surface area contributed by atoms with Crippen LogP contribution in [0, 0.1) is 11.6 Å². The first kappa shape index (κ1) is 15.4. The SMILES string of the molecule is O=C(c1cc(F)ccc1F)N(CCCl)Cc1ccccc1. The van der Waals surface area contributed by atoms with E-state index in [1.54, 1.807) is 0 Å². The maximum atomic E-state index is 13.7. The predicted octanol–water partition coefficient (Wildman–Crippen LogP) is 3.85. The molecule has 0 saturated carbocycles. The van der Waals surface area contributed by atoms with Gasteiger partial charge in [-0.05, 0) is 23.8 Å². The molecule has 0 N–H and O–H groups in total. The molecule has 2 aromatic rings. The molecular weight excluding hydrogens is 296 g/mol. The van der Waals surface area contributed by atoms with E-state index in [0.29, 0.717) is 6.54 Å². The van der Waals surface area contributed by atoms with Crippen molar-refractivity contribution in [1.29, 1.82) is 0 Å². The Kier molecular flexibility index (Phi) is 5.28. The summed E-state index contributed by atoms with van der Waals surface area (Å²) in [5.41, 5.74) is 0.615. The Morgan fingerprint density at radius 2 is 1.81 bits per heavy atom. The highest BCUT2D eigenvalue weighted by Gasteiger charge is 2.19. The minimum absolute atomic E-state index is 0.218. The molecular formula is C16H14ClF2NO. The average Bonchev–Trinajstić information content (AvgIpc) is 2.49. The van der Waals surface area contributed by atoms with Gasteiger partial charge in [-0.2, -0.15) is 0 Å². The lowest BCUT2D eigenvalue weighted by molar-refractivity contribution is 0.0748. The quantitative estimate of drug-likeness (QED) is 0.768. The maximum Gasteiger partial charge on any atom is 0.257 e. The molecule has 0 fully saturated rings. The van der Waals surface area contributed by atoms with Gasteiger partial charge in [-0.1, -0.05) is 30.3 Å². The molecule has 0 heterocycles. The minimum Gasteiger partial charge on any atom is -0.333 e. The summed E-state index contributed by atoms with van der Waals surface area (Å²) in [5.74, 6) is -1.74. The maximum absolute atomic E-state index is 13.7. The van der Waals surface area contributed by atoms with Gasteiger partial charge in [0.25, 0.3) is 5.91 Å². The Balaban J connectivity index is 2.25. The van der Waals surface area contributed by atoms with Crippen LogP contribution in [0.3, 0.4) is 0 Å². The third-order valence-electron chi connectivity index (χ3n) is 3.02. The van der Waals surface area contributed by atoms with Gasteiger partial charge in [0.2, 0.25) is 0 Å². The van der Waals surface area contributed by atoms with E-state index in [9.17, 15) is 13.6 Å². The Morgan fingerprint density at radius 3 is 2.48 bits per heavy atom. The monoisotopic (exact) mass is 309 g/mol. The highest BCUT2D eigenvalue weighted by molar-refractivity contribution is 6.18. The third-order valence-corrected chi connectivity index (χ3v) is 3.19. The number of hydrogen-bond donors (Lipinski definition) is 0. The van der Waals surface area contributed by atoms with Crippen molar-refractivity contribution in [3.63, 3.8) is 0 Å². The number of carbonyl (C=O) groups excluding carboxylic acids is 1. The fourth-order valence-corrected chi connectivity index (χ4v) is 2.19. The van der Waals surface area contributed by atoms with Crippen LogP contribution in [0.1, 0.15) is 15.9 Å². The third kappa shape index (κ3) is 4.02. The van der Waals surface area contributed by atoms with E-state index in [2.05, 4.69) is 0 Å². The van der Waals surface area contributed by atoms with Gasteiger partial charge in [-0.15, -0.1) is 11.6 Å². The van der Waals surface area contributed by atoms with Crippen molar-refractivity contribution in [2.75, 3.05) is 12.4 Å². The number of halogens is 3. The van der Waals surface area contributed by atoms with Crippen LogP contribution >= 0.6 is 11.6 Å². The van der Waals surface area contributed by atoms with Crippen LogP contribution in [0.5, 0.6) is 0 Å². The van der Waals surface area contributed by atoms with Gasteiger partial charge in [0.05, 0.1) is 5.56 Å². The molecule has 0 saturated heterocycles. The summed E-state index contributed by atoms with van der Waals surface area (Å²) in [5, 5.41) is 0. The summed E-state index contributed by atoms with van der Waals surface area (Å²) in [6.07, 6.45) is 0. The zero-order valence-electron chi connectivity index (χ0n) is 11.2. The van der Waals surface area contributed by atoms with Crippen molar-refractivity contribution < 1.29 is 13.6 Å². The van der Waals surface area contributed by atoms with Gasteiger partial charge in [-0.3, -0.25) is 4.79 Å². The molecule has 2 rings (SSSR count). The van der Waals surface area contributed by atoms with Crippen LogP contribution in [0.4, 0.5) is 8.78 Å². The molecule has 0 aliphatic carbocycles. The fourth-order valence-electron chi connectivity index (χ4n) is 1.99. The molecule has 0 aliphatic rings. The number of hydrogen-bond acceptors (Lipinski definition) is 1.